The lowest BCUT2D eigenvalue weighted by atomic mass is 10.2. The van der Waals surface area contributed by atoms with E-state index in [2.05, 4.69) is 10.5 Å². The first-order valence-electron chi connectivity index (χ1n) is 5.67. The summed E-state index contributed by atoms with van der Waals surface area (Å²) < 4.78 is 15.9. The number of benzene rings is 1. The molecule has 96 valence electrons. The number of methoxy groups -OCH3 is 1. The molecule has 1 N–H and O–H groups in total. The molecule has 2 aromatic rings. The fourth-order valence-electron chi connectivity index (χ4n) is 1.61. The van der Waals surface area contributed by atoms with Gasteiger partial charge in [0.05, 0.1) is 13.3 Å². The van der Waals surface area contributed by atoms with Gasteiger partial charge in [-0.05, 0) is 24.7 Å². The molecule has 0 fully saturated rings. The van der Waals surface area contributed by atoms with Crippen LogP contribution in [0.3, 0.4) is 0 Å². The molecular weight excluding hydrogens is 232 g/mol. The summed E-state index contributed by atoms with van der Waals surface area (Å²) in [5, 5.41) is 6.72. The van der Waals surface area contributed by atoms with Crippen LogP contribution in [0.1, 0.15) is 11.3 Å². The number of nitrogens with zero attached hydrogens (tertiary/aromatic N) is 1. The van der Waals surface area contributed by atoms with Crippen molar-refractivity contribution in [2.75, 3.05) is 14.2 Å². The highest BCUT2D eigenvalue weighted by Gasteiger charge is 2.07. The predicted octanol–water partition coefficient (Wildman–Crippen LogP) is 1.98. The van der Waals surface area contributed by atoms with Crippen LogP contribution < -0.4 is 14.8 Å². The second-order valence-corrected chi connectivity index (χ2v) is 3.78. The van der Waals surface area contributed by atoms with Gasteiger partial charge < -0.3 is 19.3 Å². The summed E-state index contributed by atoms with van der Waals surface area (Å²) in [6.45, 7) is 1.11. The van der Waals surface area contributed by atoms with E-state index in [4.69, 9.17) is 14.0 Å². The Balaban J connectivity index is 2.10. The number of ether oxygens (including phenoxy) is 2. The Morgan fingerprint density at radius 1 is 1.28 bits per heavy atom. The average Bonchev–Trinajstić information content (AvgIpc) is 2.90. The number of hydrogen-bond donors (Lipinski definition) is 1. The molecule has 0 radical (unpaired) electrons. The summed E-state index contributed by atoms with van der Waals surface area (Å²) in [4.78, 5) is 0. The van der Waals surface area contributed by atoms with Gasteiger partial charge in [-0.25, -0.2) is 0 Å². The van der Waals surface area contributed by atoms with Crippen molar-refractivity contribution >= 4 is 0 Å². The Labute approximate surface area is 106 Å². The van der Waals surface area contributed by atoms with E-state index in [-0.39, 0.29) is 0 Å². The molecule has 0 saturated heterocycles. The van der Waals surface area contributed by atoms with Crippen molar-refractivity contribution in [3.8, 4) is 11.5 Å². The van der Waals surface area contributed by atoms with E-state index in [9.17, 15) is 0 Å². The van der Waals surface area contributed by atoms with Gasteiger partial charge in [0.25, 0.3) is 0 Å². The van der Waals surface area contributed by atoms with Crippen LogP contribution in [0.2, 0.25) is 0 Å². The van der Waals surface area contributed by atoms with Gasteiger partial charge in [-0.15, -0.1) is 0 Å². The van der Waals surface area contributed by atoms with Crippen molar-refractivity contribution in [3.63, 3.8) is 0 Å². The van der Waals surface area contributed by atoms with Crippen LogP contribution in [0, 0.1) is 0 Å². The molecule has 0 saturated carbocycles. The quantitative estimate of drug-likeness (QED) is 0.847. The SMILES string of the molecule is CNCc1ccc(OC)c(OCc2ccno2)c1. The Morgan fingerprint density at radius 2 is 2.17 bits per heavy atom. The Bertz CT molecular complexity index is 483. The summed E-state index contributed by atoms with van der Waals surface area (Å²) in [5.74, 6) is 2.08. The van der Waals surface area contributed by atoms with Crippen LogP contribution >= 0.6 is 0 Å². The van der Waals surface area contributed by atoms with E-state index in [0.29, 0.717) is 23.9 Å². The van der Waals surface area contributed by atoms with Crippen LogP contribution in [-0.4, -0.2) is 19.3 Å². The summed E-state index contributed by atoms with van der Waals surface area (Å²) in [6.07, 6.45) is 1.59. The maximum atomic E-state index is 5.67. The minimum atomic E-state index is 0.333. The third-order valence-electron chi connectivity index (χ3n) is 2.47. The van der Waals surface area contributed by atoms with Crippen LogP contribution in [0.4, 0.5) is 0 Å². The van der Waals surface area contributed by atoms with Crippen molar-refractivity contribution in [2.45, 2.75) is 13.2 Å². The van der Waals surface area contributed by atoms with Gasteiger partial charge in [0.15, 0.2) is 17.3 Å². The zero-order chi connectivity index (χ0) is 12.8. The third-order valence-corrected chi connectivity index (χ3v) is 2.47. The zero-order valence-corrected chi connectivity index (χ0v) is 10.5. The van der Waals surface area contributed by atoms with Crippen LogP contribution in [-0.2, 0) is 13.2 Å². The first kappa shape index (κ1) is 12.4. The second kappa shape index (κ2) is 6.07. The van der Waals surface area contributed by atoms with Gasteiger partial charge in [-0.1, -0.05) is 11.2 Å². The summed E-state index contributed by atoms with van der Waals surface area (Å²) in [6, 6.07) is 7.61. The van der Waals surface area contributed by atoms with E-state index in [1.807, 2.05) is 25.2 Å². The Hall–Kier alpha value is -2.01. The molecule has 0 aliphatic carbocycles. The number of nitrogens with one attached hydrogen (secondary N) is 1. The van der Waals surface area contributed by atoms with Gasteiger partial charge in [0, 0.05) is 12.6 Å². The van der Waals surface area contributed by atoms with Crippen molar-refractivity contribution in [3.05, 3.63) is 41.8 Å². The molecule has 0 spiro atoms. The fourth-order valence-corrected chi connectivity index (χ4v) is 1.61. The molecule has 5 nitrogen and oxygen atoms in total. The number of aromatic nitrogens is 1. The molecule has 5 heteroatoms. The zero-order valence-electron chi connectivity index (χ0n) is 10.5. The van der Waals surface area contributed by atoms with Crippen LogP contribution in [0.5, 0.6) is 11.5 Å². The monoisotopic (exact) mass is 248 g/mol. The molecule has 0 amide bonds. The van der Waals surface area contributed by atoms with Gasteiger partial charge in [-0.3, -0.25) is 0 Å². The molecule has 1 heterocycles. The van der Waals surface area contributed by atoms with Crippen molar-refractivity contribution in [1.82, 2.24) is 10.5 Å². The molecule has 0 atom stereocenters. The van der Waals surface area contributed by atoms with Gasteiger partial charge >= 0.3 is 0 Å². The highest BCUT2D eigenvalue weighted by atomic mass is 16.5. The molecule has 1 aromatic carbocycles. The predicted molar refractivity (Wildman–Crippen MR) is 66.6 cm³/mol. The molecule has 18 heavy (non-hydrogen) atoms. The lowest BCUT2D eigenvalue weighted by Crippen LogP contribution is -2.05. The van der Waals surface area contributed by atoms with Crippen LogP contribution in [0.25, 0.3) is 0 Å². The van der Waals surface area contributed by atoms with Gasteiger partial charge in [-0.2, -0.15) is 0 Å². The second-order valence-electron chi connectivity index (χ2n) is 3.78. The smallest absolute Gasteiger partial charge is 0.174 e. The maximum absolute atomic E-state index is 5.67. The van der Waals surface area contributed by atoms with Crippen LogP contribution in [0.15, 0.2) is 35.0 Å². The largest absolute Gasteiger partial charge is 0.493 e. The molecule has 0 aliphatic rings. The Kier molecular flexibility index (Phi) is 4.20. The summed E-state index contributed by atoms with van der Waals surface area (Å²) >= 11 is 0. The standard InChI is InChI=1S/C13H16N2O3/c1-14-8-10-3-4-12(16-2)13(7-10)17-9-11-5-6-15-18-11/h3-7,14H,8-9H2,1-2H3. The molecular formula is C13H16N2O3. The summed E-state index contributed by atoms with van der Waals surface area (Å²) in [5.41, 5.74) is 1.13. The molecule has 0 unspecified atom stereocenters. The first-order chi connectivity index (χ1) is 8.83. The van der Waals surface area contributed by atoms with Gasteiger partial charge in [0.1, 0.15) is 6.61 Å². The molecule has 2 rings (SSSR count). The van der Waals surface area contributed by atoms with E-state index in [0.717, 1.165) is 12.1 Å². The third kappa shape index (κ3) is 3.01. The molecule has 0 aliphatic heterocycles. The minimum Gasteiger partial charge on any atom is -0.493 e. The number of hydrogen-bond acceptors (Lipinski definition) is 5. The number of rotatable bonds is 6. The lowest BCUT2D eigenvalue weighted by molar-refractivity contribution is 0.239. The molecule has 1 aromatic heterocycles. The Morgan fingerprint density at radius 3 is 2.83 bits per heavy atom. The highest BCUT2D eigenvalue weighted by molar-refractivity contribution is 5.43. The lowest BCUT2D eigenvalue weighted by Gasteiger charge is -2.11. The fraction of sp³-hybridized carbons (Fsp3) is 0.308. The van der Waals surface area contributed by atoms with E-state index in [1.54, 1.807) is 19.4 Å². The highest BCUT2D eigenvalue weighted by Crippen LogP contribution is 2.28. The van der Waals surface area contributed by atoms with Crippen molar-refractivity contribution < 1.29 is 14.0 Å². The topological polar surface area (TPSA) is 56.5 Å². The van der Waals surface area contributed by atoms with E-state index in [1.165, 1.54) is 0 Å². The summed E-state index contributed by atoms with van der Waals surface area (Å²) in [7, 11) is 3.52. The maximum Gasteiger partial charge on any atom is 0.174 e. The van der Waals surface area contributed by atoms with Crippen molar-refractivity contribution in [1.29, 1.82) is 0 Å². The van der Waals surface area contributed by atoms with E-state index < -0.39 is 0 Å². The normalized spacial score (nSPS) is 10.3. The minimum absolute atomic E-state index is 0.333. The first-order valence-corrected chi connectivity index (χ1v) is 5.67. The van der Waals surface area contributed by atoms with Crippen molar-refractivity contribution in [2.24, 2.45) is 0 Å². The molecule has 0 bridgehead atoms. The average molecular weight is 248 g/mol. The van der Waals surface area contributed by atoms with E-state index >= 15 is 0 Å². The van der Waals surface area contributed by atoms with Gasteiger partial charge in [0.2, 0.25) is 0 Å².